The summed E-state index contributed by atoms with van der Waals surface area (Å²) >= 11 is 9.36. The number of ether oxygens (including phenoxy) is 3. The molecule has 0 radical (unpaired) electrons. The third-order valence-corrected chi connectivity index (χ3v) is 3.55. The van der Waals surface area contributed by atoms with Crippen molar-refractivity contribution in [1.29, 1.82) is 0 Å². The molecule has 106 valence electrons. The van der Waals surface area contributed by atoms with Crippen molar-refractivity contribution in [2.24, 2.45) is 0 Å². The molecule has 0 N–H and O–H groups in total. The lowest BCUT2D eigenvalue weighted by molar-refractivity contribution is 0.345. The molecule has 0 spiro atoms. The Morgan fingerprint density at radius 1 is 1.00 bits per heavy atom. The average molecular weight is 358 g/mol. The third-order valence-electron chi connectivity index (χ3n) is 2.77. The van der Waals surface area contributed by atoms with Crippen LogP contribution in [0.3, 0.4) is 0 Å². The highest BCUT2D eigenvalue weighted by molar-refractivity contribution is 9.10. The van der Waals surface area contributed by atoms with Crippen LogP contribution in [0.15, 0.2) is 40.9 Å². The van der Waals surface area contributed by atoms with Crippen molar-refractivity contribution in [1.82, 2.24) is 0 Å². The highest BCUT2D eigenvalue weighted by Crippen LogP contribution is 2.41. The summed E-state index contributed by atoms with van der Waals surface area (Å²) in [5, 5.41) is 0. The van der Waals surface area contributed by atoms with Crippen LogP contribution in [0.1, 0.15) is 5.56 Å². The van der Waals surface area contributed by atoms with Gasteiger partial charge in [-0.3, -0.25) is 0 Å². The quantitative estimate of drug-likeness (QED) is 0.705. The molecular formula is C15H14BrClO3. The predicted molar refractivity (Wildman–Crippen MR) is 83.3 cm³/mol. The molecule has 0 unspecified atom stereocenters. The van der Waals surface area contributed by atoms with Crippen LogP contribution in [0, 0.1) is 0 Å². The highest BCUT2D eigenvalue weighted by atomic mass is 79.9. The fourth-order valence-electron chi connectivity index (χ4n) is 1.76. The van der Waals surface area contributed by atoms with E-state index in [0.29, 0.717) is 28.9 Å². The molecule has 0 amide bonds. The number of alkyl halides is 1. The summed E-state index contributed by atoms with van der Waals surface area (Å²) in [4.78, 5) is 0. The van der Waals surface area contributed by atoms with Gasteiger partial charge in [0, 0.05) is 10.0 Å². The third kappa shape index (κ3) is 3.19. The van der Waals surface area contributed by atoms with Gasteiger partial charge in [0.1, 0.15) is 5.75 Å². The first-order valence-electron chi connectivity index (χ1n) is 5.92. The molecule has 0 atom stereocenters. The summed E-state index contributed by atoms with van der Waals surface area (Å²) in [5.41, 5.74) is 0.892. The number of halogens is 2. The summed E-state index contributed by atoms with van der Waals surface area (Å²) in [6.45, 7) is 0. The second kappa shape index (κ2) is 6.86. The van der Waals surface area contributed by atoms with E-state index in [1.807, 2.05) is 36.4 Å². The molecule has 2 aromatic carbocycles. The van der Waals surface area contributed by atoms with Crippen LogP contribution in [0.2, 0.25) is 0 Å². The maximum absolute atomic E-state index is 5.96. The Labute approximate surface area is 131 Å². The van der Waals surface area contributed by atoms with E-state index in [1.54, 1.807) is 14.2 Å². The first kappa shape index (κ1) is 15.0. The van der Waals surface area contributed by atoms with Crippen LogP contribution in [0.5, 0.6) is 23.0 Å². The highest BCUT2D eigenvalue weighted by Gasteiger charge is 2.14. The lowest BCUT2D eigenvalue weighted by atomic mass is 10.2. The van der Waals surface area contributed by atoms with Gasteiger partial charge < -0.3 is 14.2 Å². The summed E-state index contributed by atoms with van der Waals surface area (Å²) in [5.74, 6) is 2.76. The number of rotatable bonds is 5. The number of hydrogen-bond donors (Lipinski definition) is 0. The molecule has 0 heterocycles. The monoisotopic (exact) mass is 356 g/mol. The number of para-hydroxylation sites is 1. The number of methoxy groups -OCH3 is 2. The van der Waals surface area contributed by atoms with E-state index in [2.05, 4.69) is 15.9 Å². The van der Waals surface area contributed by atoms with Crippen LogP contribution in [-0.2, 0) is 5.88 Å². The van der Waals surface area contributed by atoms with Gasteiger partial charge in [-0.15, -0.1) is 11.6 Å². The molecule has 2 aromatic rings. The standard InChI is InChI=1S/C15H14BrClO3/c1-18-12-4-3-5-13(19-2)15(12)20-14-8-11(16)7-6-10(14)9-17/h3-8H,9H2,1-2H3. The maximum Gasteiger partial charge on any atom is 0.211 e. The van der Waals surface area contributed by atoms with Crippen molar-refractivity contribution >= 4 is 27.5 Å². The second-order valence-corrected chi connectivity index (χ2v) is 5.16. The predicted octanol–water partition coefficient (Wildman–Crippen LogP) is 5.00. The molecular weight excluding hydrogens is 344 g/mol. The SMILES string of the molecule is COc1cccc(OC)c1Oc1cc(Br)ccc1CCl. The Balaban J connectivity index is 2.46. The average Bonchev–Trinajstić information content (AvgIpc) is 2.47. The van der Waals surface area contributed by atoms with Crippen LogP contribution >= 0.6 is 27.5 Å². The van der Waals surface area contributed by atoms with Crippen LogP contribution in [0.4, 0.5) is 0 Å². The van der Waals surface area contributed by atoms with E-state index in [-0.39, 0.29) is 0 Å². The first-order valence-corrected chi connectivity index (χ1v) is 7.25. The van der Waals surface area contributed by atoms with Gasteiger partial charge in [-0.2, -0.15) is 0 Å². The van der Waals surface area contributed by atoms with Crippen molar-refractivity contribution in [2.45, 2.75) is 5.88 Å². The smallest absolute Gasteiger partial charge is 0.211 e. The minimum absolute atomic E-state index is 0.361. The van der Waals surface area contributed by atoms with Crippen LogP contribution in [0.25, 0.3) is 0 Å². The summed E-state index contributed by atoms with van der Waals surface area (Å²) < 4.78 is 17.5. The van der Waals surface area contributed by atoms with E-state index in [9.17, 15) is 0 Å². The van der Waals surface area contributed by atoms with Crippen molar-refractivity contribution in [3.8, 4) is 23.0 Å². The molecule has 0 aliphatic rings. The molecule has 3 nitrogen and oxygen atoms in total. The van der Waals surface area contributed by atoms with Gasteiger partial charge in [-0.1, -0.05) is 28.1 Å². The minimum atomic E-state index is 0.361. The molecule has 0 bridgehead atoms. The Kier molecular flexibility index (Phi) is 5.15. The zero-order valence-electron chi connectivity index (χ0n) is 11.2. The minimum Gasteiger partial charge on any atom is -0.493 e. The summed E-state index contributed by atoms with van der Waals surface area (Å²) in [6, 6.07) is 11.2. The lowest BCUT2D eigenvalue weighted by Crippen LogP contribution is -1.96. The van der Waals surface area contributed by atoms with E-state index in [0.717, 1.165) is 10.0 Å². The Morgan fingerprint density at radius 3 is 2.20 bits per heavy atom. The molecule has 0 aromatic heterocycles. The molecule has 0 aliphatic carbocycles. The topological polar surface area (TPSA) is 27.7 Å². The van der Waals surface area contributed by atoms with Gasteiger partial charge in [-0.25, -0.2) is 0 Å². The Hall–Kier alpha value is -1.39. The van der Waals surface area contributed by atoms with Crippen molar-refractivity contribution in [3.63, 3.8) is 0 Å². The van der Waals surface area contributed by atoms with Gasteiger partial charge in [0.2, 0.25) is 5.75 Å². The lowest BCUT2D eigenvalue weighted by Gasteiger charge is -2.15. The van der Waals surface area contributed by atoms with E-state index in [1.165, 1.54) is 0 Å². The summed E-state index contributed by atoms with van der Waals surface area (Å²) in [7, 11) is 3.18. The van der Waals surface area contributed by atoms with E-state index < -0.39 is 0 Å². The van der Waals surface area contributed by atoms with Crippen LogP contribution in [-0.4, -0.2) is 14.2 Å². The fraction of sp³-hybridized carbons (Fsp3) is 0.200. The maximum atomic E-state index is 5.96. The largest absolute Gasteiger partial charge is 0.493 e. The molecule has 0 aliphatic heterocycles. The number of hydrogen-bond acceptors (Lipinski definition) is 3. The zero-order chi connectivity index (χ0) is 14.5. The Morgan fingerprint density at radius 2 is 1.65 bits per heavy atom. The van der Waals surface area contributed by atoms with Crippen molar-refractivity contribution in [3.05, 3.63) is 46.4 Å². The molecule has 2 rings (SSSR count). The second-order valence-electron chi connectivity index (χ2n) is 3.98. The first-order chi connectivity index (χ1) is 9.69. The van der Waals surface area contributed by atoms with Gasteiger partial charge in [-0.05, 0) is 24.3 Å². The molecule has 5 heteroatoms. The Bertz CT molecular complexity index is 579. The van der Waals surface area contributed by atoms with Gasteiger partial charge in [0.05, 0.1) is 20.1 Å². The van der Waals surface area contributed by atoms with Crippen molar-refractivity contribution < 1.29 is 14.2 Å². The molecule has 0 saturated heterocycles. The van der Waals surface area contributed by atoms with E-state index >= 15 is 0 Å². The zero-order valence-corrected chi connectivity index (χ0v) is 13.5. The van der Waals surface area contributed by atoms with E-state index in [4.69, 9.17) is 25.8 Å². The molecule has 0 saturated carbocycles. The van der Waals surface area contributed by atoms with Crippen LogP contribution < -0.4 is 14.2 Å². The van der Waals surface area contributed by atoms with Crippen molar-refractivity contribution in [2.75, 3.05) is 14.2 Å². The number of benzene rings is 2. The van der Waals surface area contributed by atoms with Gasteiger partial charge >= 0.3 is 0 Å². The van der Waals surface area contributed by atoms with Gasteiger partial charge in [0.25, 0.3) is 0 Å². The molecule has 20 heavy (non-hydrogen) atoms. The fourth-order valence-corrected chi connectivity index (χ4v) is 2.32. The normalized spacial score (nSPS) is 10.2. The summed E-state index contributed by atoms with van der Waals surface area (Å²) in [6.07, 6.45) is 0. The van der Waals surface area contributed by atoms with Gasteiger partial charge in [0.15, 0.2) is 11.5 Å². The molecule has 0 fully saturated rings.